The number of allylic oxidation sites excluding steroid dienone is 2. The lowest BCUT2D eigenvalue weighted by Gasteiger charge is -2.27. The molecule has 0 aliphatic heterocycles. The Morgan fingerprint density at radius 2 is 1.00 bits per heavy atom. The zero-order valence-corrected chi connectivity index (χ0v) is 27.0. The maximum atomic E-state index is 12.4. The minimum atomic E-state index is -1.27. The minimum Gasteiger partial charge on any atom is -0.394 e. The molecule has 5 N–H and O–H groups in total. The molecular weight excluding hydrogens is 514 g/mol. The average molecular weight is 584 g/mol. The maximum Gasteiger partial charge on any atom is 0.249 e. The highest BCUT2D eigenvalue weighted by atomic mass is 16.3. The van der Waals surface area contributed by atoms with Gasteiger partial charge in [-0.15, -0.1) is 0 Å². The zero-order valence-electron chi connectivity index (χ0n) is 27.0. The molecule has 0 aromatic heterocycles. The first kappa shape index (κ1) is 40.1. The van der Waals surface area contributed by atoms with Gasteiger partial charge in [0.2, 0.25) is 5.91 Å². The first-order chi connectivity index (χ1) is 20.0. The smallest absolute Gasteiger partial charge is 0.249 e. The van der Waals surface area contributed by atoms with E-state index in [0.717, 1.165) is 38.5 Å². The molecule has 0 saturated carbocycles. The van der Waals surface area contributed by atoms with Gasteiger partial charge in [-0.3, -0.25) is 4.79 Å². The Morgan fingerprint density at radius 3 is 1.46 bits per heavy atom. The summed E-state index contributed by atoms with van der Waals surface area (Å²) < 4.78 is 0. The average Bonchev–Trinajstić information content (AvgIpc) is 2.98. The van der Waals surface area contributed by atoms with Crippen LogP contribution in [0.15, 0.2) is 12.2 Å². The van der Waals surface area contributed by atoms with Crippen LogP contribution in [0.5, 0.6) is 0 Å². The molecule has 4 atom stereocenters. The van der Waals surface area contributed by atoms with E-state index < -0.39 is 36.9 Å². The molecule has 0 aliphatic carbocycles. The summed E-state index contributed by atoms with van der Waals surface area (Å²) in [5, 5.41) is 43.3. The van der Waals surface area contributed by atoms with Gasteiger partial charge in [-0.25, -0.2) is 0 Å². The maximum absolute atomic E-state index is 12.4. The topological polar surface area (TPSA) is 110 Å². The fourth-order valence-electron chi connectivity index (χ4n) is 5.34. The van der Waals surface area contributed by atoms with Crippen molar-refractivity contribution in [1.29, 1.82) is 0 Å². The highest BCUT2D eigenvalue weighted by Gasteiger charge is 2.28. The predicted octanol–water partition coefficient (Wildman–Crippen LogP) is 7.89. The molecule has 0 saturated heterocycles. The Bertz CT molecular complexity index is 585. The van der Waals surface area contributed by atoms with E-state index in [4.69, 9.17) is 0 Å². The second kappa shape index (κ2) is 30.5. The molecule has 6 heteroatoms. The Morgan fingerprint density at radius 1 is 0.585 bits per heavy atom. The van der Waals surface area contributed by atoms with Crippen molar-refractivity contribution in [2.45, 2.75) is 199 Å². The number of nitrogens with one attached hydrogen (secondary N) is 1. The number of unbranched alkanes of at least 4 members (excludes halogenated alkanes) is 20. The molecule has 0 fully saturated rings. The Labute approximate surface area is 253 Å². The van der Waals surface area contributed by atoms with Crippen LogP contribution in [0.3, 0.4) is 0 Å². The van der Waals surface area contributed by atoms with Gasteiger partial charge in [0.25, 0.3) is 0 Å². The van der Waals surface area contributed by atoms with Crippen LogP contribution in [0, 0.1) is 0 Å². The molecule has 0 rings (SSSR count). The summed E-state index contributed by atoms with van der Waals surface area (Å²) in [6, 6.07) is -0.994. The van der Waals surface area contributed by atoms with Gasteiger partial charge in [-0.05, 0) is 38.5 Å². The molecule has 0 spiro atoms. The first-order valence-electron chi connectivity index (χ1n) is 17.6. The van der Waals surface area contributed by atoms with Crippen molar-refractivity contribution < 1.29 is 25.2 Å². The number of carbonyl (C=O) groups excluding carboxylic acids is 1. The van der Waals surface area contributed by atoms with Crippen molar-refractivity contribution in [1.82, 2.24) is 5.32 Å². The lowest BCUT2D eigenvalue weighted by molar-refractivity contribution is -0.132. The van der Waals surface area contributed by atoms with Crippen LogP contribution in [0.1, 0.15) is 174 Å². The Hall–Kier alpha value is -0.950. The van der Waals surface area contributed by atoms with Crippen molar-refractivity contribution in [2.75, 3.05) is 6.61 Å². The van der Waals surface area contributed by atoms with Crippen LogP contribution < -0.4 is 5.32 Å². The highest BCUT2D eigenvalue weighted by molar-refractivity contribution is 5.80. The van der Waals surface area contributed by atoms with Gasteiger partial charge in [-0.2, -0.15) is 0 Å². The third-order valence-corrected chi connectivity index (χ3v) is 8.23. The molecule has 0 heterocycles. The Kier molecular flexibility index (Phi) is 29.8. The van der Waals surface area contributed by atoms with Crippen molar-refractivity contribution in [2.24, 2.45) is 0 Å². The van der Waals surface area contributed by atoms with Gasteiger partial charge >= 0.3 is 0 Å². The quantitative estimate of drug-likeness (QED) is 0.0421. The molecule has 0 aliphatic rings. The number of rotatable bonds is 31. The first-order valence-corrected chi connectivity index (χ1v) is 17.6. The lowest BCUT2D eigenvalue weighted by Crippen LogP contribution is -2.53. The van der Waals surface area contributed by atoms with Gasteiger partial charge in [0, 0.05) is 0 Å². The number of hydrogen-bond acceptors (Lipinski definition) is 5. The van der Waals surface area contributed by atoms with Crippen LogP contribution in [-0.2, 0) is 4.79 Å². The van der Waals surface area contributed by atoms with Crippen LogP contribution >= 0.6 is 0 Å². The molecule has 41 heavy (non-hydrogen) atoms. The van der Waals surface area contributed by atoms with Gasteiger partial charge < -0.3 is 25.7 Å². The summed E-state index contributed by atoms with van der Waals surface area (Å²) in [5.74, 6) is -0.595. The summed E-state index contributed by atoms with van der Waals surface area (Å²) in [6.45, 7) is 4.00. The number of aliphatic hydroxyl groups is 4. The third-order valence-electron chi connectivity index (χ3n) is 8.23. The van der Waals surface area contributed by atoms with Crippen LogP contribution in [0.2, 0.25) is 0 Å². The molecule has 0 aromatic carbocycles. The van der Waals surface area contributed by atoms with Gasteiger partial charge in [0.15, 0.2) is 0 Å². The van der Waals surface area contributed by atoms with E-state index in [-0.39, 0.29) is 0 Å². The van der Waals surface area contributed by atoms with Gasteiger partial charge in [-0.1, -0.05) is 148 Å². The molecule has 1 amide bonds. The standard InChI is InChI=1S/C35H69NO5/c1-3-5-7-9-11-13-15-17-19-21-23-25-27-29-33(39)35(41)36-31(30-37)34(40)32(38)28-26-24-22-20-18-16-14-12-10-8-6-4-2/h20,22,31-34,37-40H,3-19,21,23-30H2,1-2H3,(H,36,41)/b22-20+. The summed E-state index contributed by atoms with van der Waals surface area (Å²) in [4.78, 5) is 12.4. The second-order valence-electron chi connectivity index (χ2n) is 12.2. The molecule has 244 valence electrons. The third kappa shape index (κ3) is 25.3. The Balaban J connectivity index is 3.88. The molecular formula is C35H69NO5. The van der Waals surface area contributed by atoms with Crippen LogP contribution in [-0.4, -0.2) is 57.3 Å². The van der Waals surface area contributed by atoms with E-state index in [1.54, 1.807) is 0 Å². The molecule has 0 aromatic rings. The van der Waals surface area contributed by atoms with E-state index in [1.807, 2.05) is 0 Å². The monoisotopic (exact) mass is 584 g/mol. The molecule has 0 bridgehead atoms. The van der Waals surface area contributed by atoms with Gasteiger partial charge in [0.05, 0.1) is 18.8 Å². The normalized spacial score (nSPS) is 14.8. The summed E-state index contributed by atoms with van der Waals surface area (Å²) in [6.07, 6.45) is 29.4. The fraction of sp³-hybridized carbons (Fsp3) is 0.914. The lowest BCUT2D eigenvalue weighted by atomic mass is 10.00. The second-order valence-corrected chi connectivity index (χ2v) is 12.2. The fourth-order valence-corrected chi connectivity index (χ4v) is 5.34. The van der Waals surface area contributed by atoms with Crippen LogP contribution in [0.4, 0.5) is 0 Å². The number of hydrogen-bond donors (Lipinski definition) is 5. The summed E-state index contributed by atoms with van der Waals surface area (Å²) in [7, 11) is 0. The van der Waals surface area contributed by atoms with Crippen molar-refractivity contribution in [3.8, 4) is 0 Å². The van der Waals surface area contributed by atoms with E-state index >= 15 is 0 Å². The van der Waals surface area contributed by atoms with Crippen molar-refractivity contribution in [3.05, 3.63) is 12.2 Å². The minimum absolute atomic E-state index is 0.367. The predicted molar refractivity (Wildman–Crippen MR) is 173 cm³/mol. The van der Waals surface area contributed by atoms with Crippen molar-refractivity contribution in [3.63, 3.8) is 0 Å². The van der Waals surface area contributed by atoms with E-state index in [2.05, 4.69) is 31.3 Å². The molecule has 0 radical (unpaired) electrons. The number of aliphatic hydroxyl groups excluding tert-OH is 4. The van der Waals surface area contributed by atoms with E-state index in [1.165, 1.54) is 109 Å². The largest absolute Gasteiger partial charge is 0.394 e. The SMILES string of the molecule is CCCCCCCCC/C=C/CCCC(O)C(O)C(CO)NC(=O)C(O)CCCCCCCCCCCCCCC. The highest BCUT2D eigenvalue weighted by Crippen LogP contribution is 2.15. The van der Waals surface area contributed by atoms with E-state index in [0.29, 0.717) is 12.8 Å². The number of amides is 1. The van der Waals surface area contributed by atoms with Crippen LogP contribution in [0.25, 0.3) is 0 Å². The van der Waals surface area contributed by atoms with E-state index in [9.17, 15) is 25.2 Å². The molecule has 6 nitrogen and oxygen atoms in total. The van der Waals surface area contributed by atoms with Gasteiger partial charge in [0.1, 0.15) is 12.2 Å². The zero-order chi connectivity index (χ0) is 30.4. The summed E-state index contributed by atoms with van der Waals surface area (Å²) >= 11 is 0. The molecule has 4 unspecified atom stereocenters. The number of carbonyl (C=O) groups is 1. The summed E-state index contributed by atoms with van der Waals surface area (Å²) in [5.41, 5.74) is 0. The van der Waals surface area contributed by atoms with Crippen molar-refractivity contribution >= 4 is 5.91 Å².